The van der Waals surface area contributed by atoms with Gasteiger partial charge in [-0.05, 0) is 23.1 Å². The molecule has 0 aliphatic carbocycles. The van der Waals surface area contributed by atoms with Gasteiger partial charge in [0, 0.05) is 17.7 Å². The Labute approximate surface area is 152 Å². The highest BCUT2D eigenvalue weighted by molar-refractivity contribution is 6.08. The largest absolute Gasteiger partial charge is 0.493 e. The number of carboxylic acid groups (broad SMARTS) is 1. The van der Waals surface area contributed by atoms with Crippen molar-refractivity contribution in [1.29, 1.82) is 0 Å². The van der Waals surface area contributed by atoms with Gasteiger partial charge in [-0.15, -0.1) is 0 Å². The molecule has 0 atom stereocenters. The van der Waals surface area contributed by atoms with E-state index in [0.717, 1.165) is 5.56 Å². The summed E-state index contributed by atoms with van der Waals surface area (Å²) in [4.78, 5) is 24.0. The topological polar surface area (TPSA) is 84.9 Å². The lowest BCUT2D eigenvalue weighted by atomic mass is 9.86. The highest BCUT2D eigenvalue weighted by atomic mass is 16.5. The summed E-state index contributed by atoms with van der Waals surface area (Å²) in [7, 11) is 2.85. The van der Waals surface area contributed by atoms with E-state index < -0.39 is 11.9 Å². The molecule has 0 aliphatic heterocycles. The van der Waals surface area contributed by atoms with Gasteiger partial charge in [0.1, 0.15) is 0 Å². The molecule has 0 aliphatic rings. The predicted octanol–water partition coefficient (Wildman–Crippen LogP) is 3.95. The number of carboxylic acids is 1. The van der Waals surface area contributed by atoms with E-state index in [9.17, 15) is 14.7 Å². The molecule has 0 radical (unpaired) electrons. The summed E-state index contributed by atoms with van der Waals surface area (Å²) in [6.07, 6.45) is 0. The molecule has 0 aromatic heterocycles. The van der Waals surface area contributed by atoms with E-state index in [1.807, 2.05) is 12.1 Å². The molecule has 6 heteroatoms. The molecule has 2 rings (SSSR count). The van der Waals surface area contributed by atoms with Crippen LogP contribution in [0, 0.1) is 0 Å². The highest BCUT2D eigenvalue weighted by Gasteiger charge is 2.19. The van der Waals surface area contributed by atoms with Crippen molar-refractivity contribution in [1.82, 2.24) is 0 Å². The van der Waals surface area contributed by atoms with Crippen LogP contribution in [0.4, 0.5) is 5.69 Å². The van der Waals surface area contributed by atoms with Crippen LogP contribution >= 0.6 is 0 Å². The number of methoxy groups -OCH3 is 2. The summed E-state index contributed by atoms with van der Waals surface area (Å²) in [5.74, 6) is -0.974. The molecule has 0 bridgehead atoms. The number of amides is 1. The van der Waals surface area contributed by atoms with Crippen LogP contribution in [0.15, 0.2) is 36.4 Å². The second kappa shape index (κ2) is 7.47. The average Bonchev–Trinajstić information content (AvgIpc) is 2.60. The highest BCUT2D eigenvalue weighted by Crippen LogP contribution is 2.33. The van der Waals surface area contributed by atoms with E-state index in [0.29, 0.717) is 11.3 Å². The lowest BCUT2D eigenvalue weighted by molar-refractivity contribution is 0.0697. The monoisotopic (exact) mass is 357 g/mol. The maximum absolute atomic E-state index is 12.5. The van der Waals surface area contributed by atoms with Gasteiger partial charge in [-0.3, -0.25) is 4.79 Å². The van der Waals surface area contributed by atoms with Crippen LogP contribution in [0.3, 0.4) is 0 Å². The molecule has 0 heterocycles. The van der Waals surface area contributed by atoms with Crippen molar-refractivity contribution < 1.29 is 24.2 Å². The number of carbonyl (C=O) groups is 2. The number of rotatable bonds is 5. The van der Waals surface area contributed by atoms with E-state index in [1.54, 1.807) is 12.1 Å². The molecule has 138 valence electrons. The number of nitrogens with one attached hydrogen (secondary N) is 1. The van der Waals surface area contributed by atoms with Crippen LogP contribution in [0.25, 0.3) is 0 Å². The van der Waals surface area contributed by atoms with Crippen molar-refractivity contribution in [2.24, 2.45) is 0 Å². The normalized spacial score (nSPS) is 11.0. The Kier molecular flexibility index (Phi) is 5.55. The Hall–Kier alpha value is -3.02. The van der Waals surface area contributed by atoms with Crippen molar-refractivity contribution in [3.63, 3.8) is 0 Å². The molecule has 1 amide bonds. The Bertz CT molecular complexity index is 819. The van der Waals surface area contributed by atoms with Crippen molar-refractivity contribution in [3.05, 3.63) is 53.1 Å². The van der Waals surface area contributed by atoms with Gasteiger partial charge in [0.15, 0.2) is 11.5 Å². The quantitative estimate of drug-likeness (QED) is 0.846. The first-order valence-corrected chi connectivity index (χ1v) is 8.08. The van der Waals surface area contributed by atoms with Gasteiger partial charge < -0.3 is 19.9 Å². The summed E-state index contributed by atoms with van der Waals surface area (Å²) in [6, 6.07) is 9.97. The zero-order valence-electron chi connectivity index (χ0n) is 15.5. The standard InChI is InChI=1S/C20H23NO5/c1-20(2,3)13-8-6-12(7-9-13)18(22)21-15-11-17(26-5)16(25-4)10-14(15)19(23)24/h6-11H,1-5H3,(H,21,22)(H,23,24). The van der Waals surface area contributed by atoms with Gasteiger partial charge in [-0.2, -0.15) is 0 Å². The van der Waals surface area contributed by atoms with Crippen LogP contribution in [0.5, 0.6) is 11.5 Å². The number of hydrogen-bond donors (Lipinski definition) is 2. The summed E-state index contributed by atoms with van der Waals surface area (Å²) < 4.78 is 10.3. The fourth-order valence-corrected chi connectivity index (χ4v) is 2.48. The minimum Gasteiger partial charge on any atom is -0.493 e. The summed E-state index contributed by atoms with van der Waals surface area (Å²) in [5.41, 5.74) is 1.58. The van der Waals surface area contributed by atoms with E-state index in [1.165, 1.54) is 26.4 Å². The Morgan fingerprint density at radius 3 is 1.96 bits per heavy atom. The van der Waals surface area contributed by atoms with E-state index in [4.69, 9.17) is 9.47 Å². The number of ether oxygens (including phenoxy) is 2. The van der Waals surface area contributed by atoms with Gasteiger partial charge in [-0.1, -0.05) is 32.9 Å². The number of benzene rings is 2. The first-order chi connectivity index (χ1) is 12.2. The van der Waals surface area contributed by atoms with Crippen LogP contribution < -0.4 is 14.8 Å². The average molecular weight is 357 g/mol. The van der Waals surface area contributed by atoms with Gasteiger partial charge in [-0.25, -0.2) is 4.79 Å². The Morgan fingerprint density at radius 2 is 1.50 bits per heavy atom. The third kappa shape index (κ3) is 4.14. The fraction of sp³-hybridized carbons (Fsp3) is 0.300. The Balaban J connectivity index is 2.34. The van der Waals surface area contributed by atoms with Crippen LogP contribution in [-0.2, 0) is 5.41 Å². The zero-order chi connectivity index (χ0) is 19.5. The molecule has 0 saturated heterocycles. The van der Waals surface area contributed by atoms with Crippen molar-refractivity contribution in [3.8, 4) is 11.5 Å². The van der Waals surface area contributed by atoms with E-state index in [-0.39, 0.29) is 22.4 Å². The third-order valence-corrected chi connectivity index (χ3v) is 4.02. The molecule has 0 fully saturated rings. The molecule has 26 heavy (non-hydrogen) atoms. The van der Waals surface area contributed by atoms with E-state index in [2.05, 4.69) is 26.1 Å². The first kappa shape index (κ1) is 19.3. The zero-order valence-corrected chi connectivity index (χ0v) is 15.5. The summed E-state index contributed by atoms with van der Waals surface area (Å²) >= 11 is 0. The number of anilines is 1. The molecule has 6 nitrogen and oxygen atoms in total. The SMILES string of the molecule is COc1cc(NC(=O)c2ccc(C(C)(C)C)cc2)c(C(=O)O)cc1OC. The van der Waals surface area contributed by atoms with Crippen molar-refractivity contribution >= 4 is 17.6 Å². The molecular weight excluding hydrogens is 334 g/mol. The lowest BCUT2D eigenvalue weighted by Gasteiger charge is -2.19. The number of hydrogen-bond acceptors (Lipinski definition) is 4. The maximum Gasteiger partial charge on any atom is 0.337 e. The second-order valence-corrected chi connectivity index (χ2v) is 6.84. The predicted molar refractivity (Wildman–Crippen MR) is 99.6 cm³/mol. The number of carbonyl (C=O) groups excluding carboxylic acids is 1. The Morgan fingerprint density at radius 1 is 0.962 bits per heavy atom. The second-order valence-electron chi connectivity index (χ2n) is 6.84. The van der Waals surface area contributed by atoms with Crippen LogP contribution in [0.2, 0.25) is 0 Å². The minimum absolute atomic E-state index is 0.0190. The fourth-order valence-electron chi connectivity index (χ4n) is 2.48. The van der Waals surface area contributed by atoms with Gasteiger partial charge in [0.05, 0.1) is 25.5 Å². The van der Waals surface area contributed by atoms with Crippen LogP contribution in [-0.4, -0.2) is 31.2 Å². The molecular formula is C20H23NO5. The summed E-state index contributed by atoms with van der Waals surface area (Å²) in [5, 5.41) is 12.0. The molecule has 2 aromatic carbocycles. The molecule has 0 spiro atoms. The third-order valence-electron chi connectivity index (χ3n) is 4.02. The van der Waals surface area contributed by atoms with Gasteiger partial charge in [0.2, 0.25) is 0 Å². The maximum atomic E-state index is 12.5. The van der Waals surface area contributed by atoms with E-state index >= 15 is 0 Å². The van der Waals surface area contributed by atoms with Gasteiger partial charge in [0.25, 0.3) is 5.91 Å². The smallest absolute Gasteiger partial charge is 0.337 e. The minimum atomic E-state index is -1.18. The number of aromatic carboxylic acids is 1. The van der Waals surface area contributed by atoms with Gasteiger partial charge >= 0.3 is 5.97 Å². The molecule has 0 saturated carbocycles. The van der Waals surface area contributed by atoms with Crippen molar-refractivity contribution in [2.45, 2.75) is 26.2 Å². The van der Waals surface area contributed by atoms with Crippen molar-refractivity contribution in [2.75, 3.05) is 19.5 Å². The van der Waals surface area contributed by atoms with Crippen LogP contribution in [0.1, 0.15) is 47.1 Å². The molecule has 0 unspecified atom stereocenters. The summed E-state index contributed by atoms with van der Waals surface area (Å²) in [6.45, 7) is 6.26. The molecule has 2 N–H and O–H groups in total. The first-order valence-electron chi connectivity index (χ1n) is 8.08. The lowest BCUT2D eigenvalue weighted by Crippen LogP contribution is -2.16. The molecule has 2 aromatic rings.